The molecule has 0 aromatic heterocycles. The molecule has 2 aromatic carbocycles. The second-order valence-corrected chi connectivity index (χ2v) is 6.55. The van der Waals surface area contributed by atoms with Gasteiger partial charge in [-0.05, 0) is 41.3 Å². The van der Waals surface area contributed by atoms with E-state index in [9.17, 15) is 0 Å². The summed E-state index contributed by atoms with van der Waals surface area (Å²) in [7, 11) is 0. The summed E-state index contributed by atoms with van der Waals surface area (Å²) in [4.78, 5) is 7.54. The van der Waals surface area contributed by atoms with E-state index < -0.39 is 0 Å². The van der Waals surface area contributed by atoms with Crippen molar-refractivity contribution in [2.75, 3.05) is 26.2 Å². The molecule has 0 amide bonds. The zero-order valence-corrected chi connectivity index (χ0v) is 14.2. The molecule has 3 nitrogen and oxygen atoms in total. The fourth-order valence-electron chi connectivity index (χ4n) is 3.61. The molecule has 2 aromatic rings. The van der Waals surface area contributed by atoms with Crippen molar-refractivity contribution in [2.45, 2.75) is 13.3 Å². The Kier molecular flexibility index (Phi) is 3.95. The minimum atomic E-state index is 0.922. The minimum absolute atomic E-state index is 0.922. The van der Waals surface area contributed by atoms with Crippen LogP contribution in [0, 0.1) is 6.92 Å². The quantitative estimate of drug-likeness (QED) is 0.871. The molecule has 0 bridgehead atoms. The fraction of sp³-hybridized carbons (Fsp3) is 0.286. The number of hydrogen-bond donors (Lipinski definition) is 1. The third kappa shape index (κ3) is 2.65. The molecule has 4 rings (SSSR count). The monoisotopic (exact) mass is 317 g/mol. The van der Waals surface area contributed by atoms with Crippen LogP contribution in [0.3, 0.4) is 0 Å². The molecule has 2 heterocycles. The smallest absolute Gasteiger partial charge is 0.136 e. The summed E-state index contributed by atoms with van der Waals surface area (Å²) in [5.41, 5.74) is 7.45. The number of rotatable bonds is 1. The van der Waals surface area contributed by atoms with E-state index in [4.69, 9.17) is 4.99 Å². The van der Waals surface area contributed by atoms with Crippen LogP contribution in [-0.2, 0) is 6.42 Å². The zero-order chi connectivity index (χ0) is 16.5. The first kappa shape index (κ1) is 15.2. The van der Waals surface area contributed by atoms with Crippen molar-refractivity contribution in [3.05, 3.63) is 70.8 Å². The molecule has 0 atom stereocenters. The van der Waals surface area contributed by atoms with Crippen molar-refractivity contribution in [3.8, 4) is 0 Å². The van der Waals surface area contributed by atoms with Gasteiger partial charge >= 0.3 is 0 Å². The molecule has 0 saturated carbocycles. The number of amidine groups is 1. The second kappa shape index (κ2) is 6.25. The first-order chi connectivity index (χ1) is 11.8. The Labute approximate surface area is 143 Å². The first-order valence-electron chi connectivity index (χ1n) is 8.65. The highest BCUT2D eigenvalue weighted by Gasteiger charge is 2.22. The predicted octanol–water partition coefficient (Wildman–Crippen LogP) is 3.53. The summed E-state index contributed by atoms with van der Waals surface area (Å²) in [6.45, 7) is 10.1. The number of fused-ring (bicyclic) bond motifs is 2. The van der Waals surface area contributed by atoms with Gasteiger partial charge in [0, 0.05) is 38.2 Å². The van der Waals surface area contributed by atoms with E-state index in [2.05, 4.69) is 60.1 Å². The molecule has 24 heavy (non-hydrogen) atoms. The van der Waals surface area contributed by atoms with Gasteiger partial charge in [-0.2, -0.15) is 0 Å². The Hall–Kier alpha value is -2.39. The van der Waals surface area contributed by atoms with Gasteiger partial charge in [-0.3, -0.25) is 0 Å². The molecule has 1 N–H and O–H groups in total. The van der Waals surface area contributed by atoms with Crippen molar-refractivity contribution < 1.29 is 0 Å². The van der Waals surface area contributed by atoms with Crippen LogP contribution >= 0.6 is 0 Å². The summed E-state index contributed by atoms with van der Waals surface area (Å²) in [5.74, 6) is 1.12. The van der Waals surface area contributed by atoms with Gasteiger partial charge in [-0.15, -0.1) is 0 Å². The van der Waals surface area contributed by atoms with Crippen molar-refractivity contribution in [1.82, 2.24) is 10.2 Å². The number of piperazine rings is 1. The summed E-state index contributed by atoms with van der Waals surface area (Å²) >= 11 is 0. The van der Waals surface area contributed by atoms with Crippen molar-refractivity contribution in [2.24, 2.45) is 4.99 Å². The highest BCUT2D eigenvalue weighted by molar-refractivity contribution is 6.02. The number of nitrogens with zero attached hydrogens (tertiary/aromatic N) is 2. The fourth-order valence-corrected chi connectivity index (χ4v) is 3.61. The third-order valence-electron chi connectivity index (χ3n) is 4.97. The molecule has 0 unspecified atom stereocenters. The Bertz CT molecular complexity index is 814. The Morgan fingerprint density at radius 1 is 1.12 bits per heavy atom. The minimum Gasteiger partial charge on any atom is -0.354 e. The van der Waals surface area contributed by atoms with Crippen molar-refractivity contribution >= 4 is 17.6 Å². The molecule has 1 fully saturated rings. The normalized spacial score (nSPS) is 16.7. The van der Waals surface area contributed by atoms with Crippen LogP contribution in [0.1, 0.15) is 27.8 Å². The molecule has 0 aliphatic carbocycles. The summed E-state index contributed by atoms with van der Waals surface area (Å²) in [6.07, 6.45) is 2.86. The van der Waals surface area contributed by atoms with E-state index >= 15 is 0 Å². The lowest BCUT2D eigenvalue weighted by Gasteiger charge is -2.30. The van der Waals surface area contributed by atoms with E-state index in [1.165, 1.54) is 27.8 Å². The van der Waals surface area contributed by atoms with Crippen LogP contribution in [0.4, 0.5) is 5.69 Å². The van der Waals surface area contributed by atoms with E-state index in [1.54, 1.807) is 0 Å². The van der Waals surface area contributed by atoms with Crippen LogP contribution in [0.2, 0.25) is 0 Å². The molecule has 2 aliphatic heterocycles. The average molecular weight is 317 g/mol. The lowest BCUT2D eigenvalue weighted by atomic mass is 9.96. The number of hydrogen-bond acceptors (Lipinski definition) is 3. The van der Waals surface area contributed by atoms with Crippen LogP contribution in [0.15, 0.2) is 48.0 Å². The molecule has 0 radical (unpaired) electrons. The molecule has 0 spiro atoms. The Morgan fingerprint density at radius 3 is 2.71 bits per heavy atom. The number of nitrogens with one attached hydrogen (secondary N) is 1. The maximum absolute atomic E-state index is 5.12. The van der Waals surface area contributed by atoms with Gasteiger partial charge in [0.25, 0.3) is 0 Å². The lowest BCUT2D eigenvalue weighted by Crippen LogP contribution is -2.46. The molecule has 1 saturated heterocycles. The van der Waals surface area contributed by atoms with E-state index in [1.807, 2.05) is 6.08 Å². The van der Waals surface area contributed by atoms with Gasteiger partial charge in [0.1, 0.15) is 5.84 Å². The number of benzene rings is 2. The van der Waals surface area contributed by atoms with Gasteiger partial charge in [-0.1, -0.05) is 36.9 Å². The summed E-state index contributed by atoms with van der Waals surface area (Å²) < 4.78 is 0. The molecule has 122 valence electrons. The van der Waals surface area contributed by atoms with E-state index in [0.717, 1.165) is 44.1 Å². The number of aryl methyl sites for hydroxylation is 1. The zero-order valence-electron chi connectivity index (χ0n) is 14.2. The molecule has 2 aliphatic rings. The number of aliphatic imine (C=N–C) groups is 1. The summed E-state index contributed by atoms with van der Waals surface area (Å²) in [6, 6.07) is 13.1. The molecular formula is C21H23N3. The Balaban J connectivity index is 1.89. The predicted molar refractivity (Wildman–Crippen MR) is 101 cm³/mol. The van der Waals surface area contributed by atoms with Gasteiger partial charge in [0.15, 0.2) is 0 Å². The van der Waals surface area contributed by atoms with Crippen molar-refractivity contribution in [3.63, 3.8) is 0 Å². The van der Waals surface area contributed by atoms with Crippen molar-refractivity contribution in [1.29, 1.82) is 0 Å². The van der Waals surface area contributed by atoms with Gasteiger partial charge in [0.2, 0.25) is 0 Å². The second-order valence-electron chi connectivity index (χ2n) is 6.55. The maximum Gasteiger partial charge on any atom is 0.136 e. The highest BCUT2D eigenvalue weighted by atomic mass is 15.2. The topological polar surface area (TPSA) is 27.6 Å². The van der Waals surface area contributed by atoms with Crippen LogP contribution in [-0.4, -0.2) is 36.9 Å². The lowest BCUT2D eigenvalue weighted by molar-refractivity contribution is 0.358. The maximum atomic E-state index is 5.12. The molecule has 3 heteroatoms. The van der Waals surface area contributed by atoms with Gasteiger partial charge in [-0.25, -0.2) is 4.99 Å². The van der Waals surface area contributed by atoms with E-state index in [0.29, 0.717) is 0 Å². The third-order valence-corrected chi connectivity index (χ3v) is 4.97. The van der Waals surface area contributed by atoms with Gasteiger partial charge < -0.3 is 10.2 Å². The highest BCUT2D eigenvalue weighted by Crippen LogP contribution is 2.32. The summed E-state index contributed by atoms with van der Waals surface area (Å²) in [5, 5.41) is 3.43. The van der Waals surface area contributed by atoms with E-state index in [-0.39, 0.29) is 0 Å². The SMILES string of the molecule is C=Cc1cc2c(cc1C)N=C(N1CCNCC1)c1ccccc1C2. The van der Waals surface area contributed by atoms with Gasteiger partial charge in [0.05, 0.1) is 5.69 Å². The average Bonchev–Trinajstić information content (AvgIpc) is 2.78. The Morgan fingerprint density at radius 2 is 1.92 bits per heavy atom. The van der Waals surface area contributed by atoms with Crippen LogP contribution in [0.25, 0.3) is 6.08 Å². The van der Waals surface area contributed by atoms with Crippen LogP contribution in [0.5, 0.6) is 0 Å². The largest absolute Gasteiger partial charge is 0.354 e. The standard InChI is InChI=1S/C21H23N3/c1-3-16-13-18-14-17-6-4-5-7-19(17)21(23-20(18)12-15(16)2)24-10-8-22-9-11-24/h3-7,12-13,22H,1,8-11,14H2,2H3. The first-order valence-corrected chi connectivity index (χ1v) is 8.65. The molecular weight excluding hydrogens is 294 g/mol. The van der Waals surface area contributed by atoms with Crippen LogP contribution < -0.4 is 5.32 Å².